The average molecular weight is 428 g/mol. The molecule has 0 spiro atoms. The Kier molecular flexibility index (Phi) is 6.55. The zero-order valence-corrected chi connectivity index (χ0v) is 17.8. The summed E-state index contributed by atoms with van der Waals surface area (Å²) in [6.45, 7) is 2.64. The van der Waals surface area contributed by atoms with Crippen LogP contribution in [0.25, 0.3) is 17.3 Å². The molecule has 1 aromatic heterocycles. The maximum Gasteiger partial charge on any atom is 0.337 e. The molecule has 7 nitrogen and oxygen atoms in total. The lowest BCUT2D eigenvalue weighted by Crippen LogP contribution is -2.48. The Balaban J connectivity index is 1.31. The van der Waals surface area contributed by atoms with Gasteiger partial charge in [-0.15, -0.1) is 10.2 Å². The van der Waals surface area contributed by atoms with E-state index in [4.69, 9.17) is 4.74 Å². The van der Waals surface area contributed by atoms with E-state index >= 15 is 0 Å². The summed E-state index contributed by atoms with van der Waals surface area (Å²) in [6.07, 6.45) is 3.32. The standard InChI is InChI=1S/C25H24N4O3/c1-32-25(31)21-10-7-19(8-11-21)9-14-24(30)29-17-15-28(16-18-29)23-13-12-22(26-27-23)20-5-3-2-4-6-20/h2-14H,15-18H2,1H3/b14-9+. The van der Waals surface area contributed by atoms with Crippen LogP contribution in [0.2, 0.25) is 0 Å². The van der Waals surface area contributed by atoms with Crippen molar-refractivity contribution in [2.24, 2.45) is 0 Å². The molecule has 3 aromatic rings. The fourth-order valence-electron chi connectivity index (χ4n) is 3.53. The van der Waals surface area contributed by atoms with Gasteiger partial charge in [0.15, 0.2) is 5.82 Å². The van der Waals surface area contributed by atoms with Gasteiger partial charge < -0.3 is 14.5 Å². The van der Waals surface area contributed by atoms with Crippen molar-refractivity contribution in [3.63, 3.8) is 0 Å². The number of hydrogen-bond donors (Lipinski definition) is 0. The van der Waals surface area contributed by atoms with Crippen molar-refractivity contribution in [2.75, 3.05) is 38.2 Å². The van der Waals surface area contributed by atoms with E-state index in [1.54, 1.807) is 36.4 Å². The van der Waals surface area contributed by atoms with E-state index in [2.05, 4.69) is 15.1 Å². The molecule has 0 bridgehead atoms. The molecule has 0 unspecified atom stereocenters. The molecule has 32 heavy (non-hydrogen) atoms. The Labute approximate surface area is 186 Å². The molecule has 1 saturated heterocycles. The lowest BCUT2D eigenvalue weighted by molar-refractivity contribution is -0.126. The minimum absolute atomic E-state index is 0.0350. The van der Waals surface area contributed by atoms with Gasteiger partial charge in [-0.1, -0.05) is 42.5 Å². The Morgan fingerprint density at radius 1 is 0.875 bits per heavy atom. The predicted molar refractivity (Wildman–Crippen MR) is 123 cm³/mol. The first kappa shape index (κ1) is 21.2. The monoisotopic (exact) mass is 428 g/mol. The molecule has 4 rings (SSSR count). The third-order valence-electron chi connectivity index (χ3n) is 5.39. The molecule has 0 saturated carbocycles. The van der Waals surface area contributed by atoms with E-state index in [1.807, 2.05) is 47.4 Å². The molecule has 0 aliphatic carbocycles. The van der Waals surface area contributed by atoms with Crippen LogP contribution in [0.5, 0.6) is 0 Å². The van der Waals surface area contributed by atoms with Crippen LogP contribution in [0.15, 0.2) is 72.8 Å². The zero-order chi connectivity index (χ0) is 22.3. The van der Waals surface area contributed by atoms with Crippen LogP contribution in [-0.4, -0.2) is 60.3 Å². The molecule has 0 atom stereocenters. The number of carbonyl (C=O) groups excluding carboxylic acids is 2. The third-order valence-corrected chi connectivity index (χ3v) is 5.39. The molecular formula is C25H24N4O3. The first-order valence-corrected chi connectivity index (χ1v) is 10.4. The van der Waals surface area contributed by atoms with Crippen LogP contribution in [0.1, 0.15) is 15.9 Å². The lowest BCUT2D eigenvalue weighted by atomic mass is 10.1. The van der Waals surface area contributed by atoms with Gasteiger partial charge in [0.1, 0.15) is 0 Å². The highest BCUT2D eigenvalue weighted by Gasteiger charge is 2.21. The molecular weight excluding hydrogens is 404 g/mol. The topological polar surface area (TPSA) is 75.6 Å². The second kappa shape index (κ2) is 9.87. The summed E-state index contributed by atoms with van der Waals surface area (Å²) in [5, 5.41) is 8.73. The number of methoxy groups -OCH3 is 1. The Morgan fingerprint density at radius 2 is 1.59 bits per heavy atom. The van der Waals surface area contributed by atoms with E-state index in [0.29, 0.717) is 31.7 Å². The number of esters is 1. The number of piperazine rings is 1. The summed E-state index contributed by atoms with van der Waals surface area (Å²) in [4.78, 5) is 28.0. The fraction of sp³-hybridized carbons (Fsp3) is 0.200. The van der Waals surface area contributed by atoms with Gasteiger partial charge in [-0.2, -0.15) is 0 Å². The summed E-state index contributed by atoms with van der Waals surface area (Å²) in [7, 11) is 1.35. The quantitative estimate of drug-likeness (QED) is 0.459. The molecule has 1 aliphatic rings. The van der Waals surface area contributed by atoms with Crippen molar-refractivity contribution in [1.82, 2.24) is 15.1 Å². The smallest absolute Gasteiger partial charge is 0.337 e. The number of rotatable bonds is 5. The number of amides is 1. The van der Waals surface area contributed by atoms with Crippen molar-refractivity contribution in [2.45, 2.75) is 0 Å². The highest BCUT2D eigenvalue weighted by atomic mass is 16.5. The third kappa shape index (κ3) is 5.00. The van der Waals surface area contributed by atoms with Crippen molar-refractivity contribution in [1.29, 1.82) is 0 Å². The number of anilines is 1. The van der Waals surface area contributed by atoms with E-state index in [1.165, 1.54) is 7.11 Å². The Morgan fingerprint density at radius 3 is 2.22 bits per heavy atom. The molecule has 162 valence electrons. The number of ether oxygens (including phenoxy) is 1. The summed E-state index contributed by atoms with van der Waals surface area (Å²) < 4.78 is 4.69. The number of carbonyl (C=O) groups is 2. The average Bonchev–Trinajstić information content (AvgIpc) is 2.88. The first-order chi connectivity index (χ1) is 15.6. The van der Waals surface area contributed by atoms with Crippen molar-refractivity contribution in [3.8, 4) is 11.3 Å². The Bertz CT molecular complexity index is 1090. The Hall–Kier alpha value is -4.00. The molecule has 2 aromatic carbocycles. The van der Waals surface area contributed by atoms with Gasteiger partial charge >= 0.3 is 5.97 Å². The van der Waals surface area contributed by atoms with E-state index in [9.17, 15) is 9.59 Å². The summed E-state index contributed by atoms with van der Waals surface area (Å²) in [5.74, 6) is 0.402. The zero-order valence-electron chi connectivity index (χ0n) is 17.8. The second-order valence-corrected chi connectivity index (χ2v) is 7.40. The molecule has 2 heterocycles. The van der Waals surface area contributed by atoms with Gasteiger partial charge in [-0.25, -0.2) is 4.79 Å². The molecule has 0 radical (unpaired) electrons. The van der Waals surface area contributed by atoms with E-state index < -0.39 is 0 Å². The number of benzene rings is 2. The van der Waals surface area contributed by atoms with Crippen LogP contribution in [-0.2, 0) is 9.53 Å². The normalized spacial score (nSPS) is 13.9. The molecule has 7 heteroatoms. The second-order valence-electron chi connectivity index (χ2n) is 7.40. The molecule has 1 fully saturated rings. The van der Waals surface area contributed by atoms with Gasteiger partial charge in [0.05, 0.1) is 18.4 Å². The van der Waals surface area contributed by atoms with E-state index in [0.717, 1.165) is 22.6 Å². The minimum atomic E-state index is -0.381. The van der Waals surface area contributed by atoms with Crippen molar-refractivity contribution in [3.05, 3.63) is 83.9 Å². The number of aromatic nitrogens is 2. The fourth-order valence-corrected chi connectivity index (χ4v) is 3.53. The summed E-state index contributed by atoms with van der Waals surface area (Å²) in [6, 6.07) is 20.8. The number of nitrogens with zero attached hydrogens (tertiary/aromatic N) is 4. The predicted octanol–water partition coefficient (Wildman–Crippen LogP) is 3.29. The minimum Gasteiger partial charge on any atom is -0.465 e. The SMILES string of the molecule is COC(=O)c1ccc(/C=C/C(=O)N2CCN(c3ccc(-c4ccccc4)nn3)CC2)cc1. The highest BCUT2D eigenvalue weighted by molar-refractivity contribution is 5.92. The largest absolute Gasteiger partial charge is 0.465 e. The van der Waals surface area contributed by atoms with Gasteiger partial charge in [0, 0.05) is 37.8 Å². The lowest BCUT2D eigenvalue weighted by Gasteiger charge is -2.34. The van der Waals surface area contributed by atoms with Crippen LogP contribution in [0.3, 0.4) is 0 Å². The summed E-state index contributed by atoms with van der Waals surface area (Å²) >= 11 is 0. The van der Waals surface area contributed by atoms with Gasteiger partial charge in [-0.05, 0) is 35.9 Å². The van der Waals surface area contributed by atoms with Gasteiger partial charge in [0.25, 0.3) is 0 Å². The number of hydrogen-bond acceptors (Lipinski definition) is 6. The highest BCUT2D eigenvalue weighted by Crippen LogP contribution is 2.19. The van der Waals surface area contributed by atoms with Crippen LogP contribution < -0.4 is 4.90 Å². The van der Waals surface area contributed by atoms with Crippen molar-refractivity contribution < 1.29 is 14.3 Å². The van der Waals surface area contributed by atoms with Crippen molar-refractivity contribution >= 4 is 23.8 Å². The molecule has 0 N–H and O–H groups in total. The molecule has 1 aliphatic heterocycles. The van der Waals surface area contributed by atoms with Crippen LogP contribution in [0, 0.1) is 0 Å². The first-order valence-electron chi connectivity index (χ1n) is 10.4. The summed E-state index contributed by atoms with van der Waals surface area (Å²) in [5.41, 5.74) is 3.20. The van der Waals surface area contributed by atoms with E-state index in [-0.39, 0.29) is 11.9 Å². The van der Waals surface area contributed by atoms with Crippen LogP contribution >= 0.6 is 0 Å². The van der Waals surface area contributed by atoms with Gasteiger partial charge in [0.2, 0.25) is 5.91 Å². The molecule has 1 amide bonds. The maximum absolute atomic E-state index is 12.6. The van der Waals surface area contributed by atoms with Crippen LogP contribution in [0.4, 0.5) is 5.82 Å². The maximum atomic E-state index is 12.6. The van der Waals surface area contributed by atoms with Gasteiger partial charge in [-0.3, -0.25) is 4.79 Å².